The molecule has 2 fully saturated rings. The molecule has 166 valence electrons. The number of aliphatic hydroxyl groups excluding tert-OH is 1. The van der Waals surface area contributed by atoms with Gasteiger partial charge in [-0.25, -0.2) is 4.98 Å². The number of aliphatic hydroxyl groups is 1. The number of hydrogen-bond acceptors (Lipinski definition) is 8. The SMILES string of the molecule is CN1C(NC2CCCCC2O)=C(c2nc3ccccc3s2)C(=O)NC1N1CCOCC1. The third kappa shape index (κ3) is 4.03. The van der Waals surface area contributed by atoms with Crippen molar-refractivity contribution in [2.45, 2.75) is 44.1 Å². The second-order valence-corrected chi connectivity index (χ2v) is 9.45. The van der Waals surface area contributed by atoms with Gasteiger partial charge in [0, 0.05) is 20.1 Å². The molecule has 3 atom stereocenters. The zero-order chi connectivity index (χ0) is 21.4. The number of morpholine rings is 1. The highest BCUT2D eigenvalue weighted by atomic mass is 32.1. The van der Waals surface area contributed by atoms with Crippen molar-refractivity contribution in [3.63, 3.8) is 0 Å². The molecule has 1 saturated carbocycles. The van der Waals surface area contributed by atoms with Crippen molar-refractivity contribution in [1.29, 1.82) is 0 Å². The maximum absolute atomic E-state index is 13.4. The predicted octanol–water partition coefficient (Wildman–Crippen LogP) is 1.54. The largest absolute Gasteiger partial charge is 0.391 e. The molecule has 1 aromatic carbocycles. The van der Waals surface area contributed by atoms with Crippen molar-refractivity contribution in [2.75, 3.05) is 33.4 Å². The summed E-state index contributed by atoms with van der Waals surface area (Å²) in [6, 6.07) is 7.86. The van der Waals surface area contributed by atoms with Crippen LogP contribution >= 0.6 is 11.3 Å². The van der Waals surface area contributed by atoms with Gasteiger partial charge in [0.2, 0.25) is 0 Å². The zero-order valence-corrected chi connectivity index (χ0v) is 18.5. The molecule has 3 heterocycles. The predicted molar refractivity (Wildman–Crippen MR) is 120 cm³/mol. The summed E-state index contributed by atoms with van der Waals surface area (Å²) in [6.07, 6.45) is 3.09. The first kappa shape index (κ1) is 20.7. The van der Waals surface area contributed by atoms with E-state index in [1.165, 1.54) is 11.3 Å². The van der Waals surface area contributed by atoms with Crippen LogP contribution in [-0.4, -0.2) is 77.6 Å². The lowest BCUT2D eigenvalue weighted by Crippen LogP contribution is -2.64. The number of para-hydroxylation sites is 1. The smallest absolute Gasteiger partial charge is 0.260 e. The third-order valence-corrected chi connectivity index (χ3v) is 7.45. The van der Waals surface area contributed by atoms with Crippen molar-refractivity contribution in [1.82, 2.24) is 25.4 Å². The van der Waals surface area contributed by atoms with E-state index in [1.54, 1.807) is 0 Å². The highest BCUT2D eigenvalue weighted by molar-refractivity contribution is 7.19. The average Bonchev–Trinajstić information content (AvgIpc) is 3.21. The van der Waals surface area contributed by atoms with E-state index in [2.05, 4.69) is 20.4 Å². The molecule has 9 heteroatoms. The highest BCUT2D eigenvalue weighted by Gasteiger charge is 2.38. The molecular formula is C22H29N5O3S. The number of aromatic nitrogens is 1. The van der Waals surface area contributed by atoms with Gasteiger partial charge in [-0.05, 0) is 25.0 Å². The van der Waals surface area contributed by atoms with E-state index in [0.29, 0.717) is 23.8 Å². The fourth-order valence-electron chi connectivity index (χ4n) is 4.66. The maximum atomic E-state index is 13.4. The number of amides is 1. The summed E-state index contributed by atoms with van der Waals surface area (Å²) in [5.74, 6) is 0.603. The molecular weight excluding hydrogens is 414 g/mol. The van der Waals surface area contributed by atoms with Gasteiger partial charge in [-0.15, -0.1) is 11.3 Å². The van der Waals surface area contributed by atoms with Crippen LogP contribution in [0.2, 0.25) is 0 Å². The Kier molecular flexibility index (Phi) is 5.83. The number of ether oxygens (including phenoxy) is 1. The van der Waals surface area contributed by atoms with E-state index in [1.807, 2.05) is 31.3 Å². The monoisotopic (exact) mass is 443 g/mol. The lowest BCUT2D eigenvalue weighted by Gasteiger charge is -2.45. The molecule has 2 aromatic rings. The van der Waals surface area contributed by atoms with Crippen LogP contribution in [0.25, 0.3) is 15.8 Å². The summed E-state index contributed by atoms with van der Waals surface area (Å²) in [5.41, 5.74) is 1.43. The number of benzene rings is 1. The number of carbonyl (C=O) groups is 1. The Balaban J connectivity index is 1.55. The van der Waals surface area contributed by atoms with Crippen LogP contribution < -0.4 is 10.6 Å². The molecule has 0 spiro atoms. The van der Waals surface area contributed by atoms with Gasteiger partial charge in [0.1, 0.15) is 16.4 Å². The fraction of sp³-hybridized carbons (Fsp3) is 0.545. The van der Waals surface area contributed by atoms with Crippen LogP contribution in [0, 0.1) is 0 Å². The van der Waals surface area contributed by atoms with Gasteiger partial charge < -0.3 is 25.4 Å². The van der Waals surface area contributed by atoms with Crippen LogP contribution in [0.4, 0.5) is 0 Å². The quantitative estimate of drug-likeness (QED) is 0.660. The number of thiazole rings is 1. The Morgan fingerprint density at radius 2 is 2.00 bits per heavy atom. The van der Waals surface area contributed by atoms with E-state index in [9.17, 15) is 9.90 Å². The Morgan fingerprint density at radius 1 is 1.23 bits per heavy atom. The maximum Gasteiger partial charge on any atom is 0.260 e. The molecule has 0 bridgehead atoms. The summed E-state index contributed by atoms with van der Waals surface area (Å²) in [6.45, 7) is 2.81. The first-order valence-electron chi connectivity index (χ1n) is 11.0. The molecule has 8 nitrogen and oxygen atoms in total. The standard InChI is InChI=1S/C22H29N5O3S/c1-26-19(23-14-6-2-4-8-16(14)28)18(21-24-15-7-3-5-9-17(15)31-21)20(29)25-22(26)27-10-12-30-13-11-27/h3,5,7,9,14,16,22-23,28H,2,4,6,8,10-13H2,1H3,(H,25,29). The van der Waals surface area contributed by atoms with E-state index in [0.717, 1.165) is 54.8 Å². The number of fused-ring (bicyclic) bond motifs is 1. The minimum Gasteiger partial charge on any atom is -0.391 e. The normalized spacial score (nSPS) is 28.1. The second-order valence-electron chi connectivity index (χ2n) is 8.42. The highest BCUT2D eigenvalue weighted by Crippen LogP contribution is 2.33. The fourth-order valence-corrected chi connectivity index (χ4v) is 5.67. The van der Waals surface area contributed by atoms with Crippen molar-refractivity contribution in [3.05, 3.63) is 35.1 Å². The summed E-state index contributed by atoms with van der Waals surface area (Å²) in [4.78, 5) is 22.5. The Morgan fingerprint density at radius 3 is 2.77 bits per heavy atom. The average molecular weight is 444 g/mol. The van der Waals surface area contributed by atoms with E-state index in [-0.39, 0.29) is 18.2 Å². The molecule has 1 aromatic heterocycles. The zero-order valence-electron chi connectivity index (χ0n) is 17.7. The van der Waals surface area contributed by atoms with Crippen LogP contribution in [-0.2, 0) is 9.53 Å². The van der Waals surface area contributed by atoms with Crippen LogP contribution in [0.15, 0.2) is 30.1 Å². The lowest BCUT2D eigenvalue weighted by atomic mass is 9.92. The van der Waals surface area contributed by atoms with Crippen molar-refractivity contribution in [2.24, 2.45) is 0 Å². The molecule has 2 aliphatic heterocycles. The van der Waals surface area contributed by atoms with Gasteiger partial charge in [0.05, 0.1) is 35.6 Å². The Hall–Kier alpha value is -2.20. The molecule has 3 unspecified atom stereocenters. The summed E-state index contributed by atoms with van der Waals surface area (Å²) < 4.78 is 6.55. The van der Waals surface area contributed by atoms with Crippen LogP contribution in [0.5, 0.6) is 0 Å². The minimum absolute atomic E-state index is 0.0770. The van der Waals surface area contributed by atoms with Gasteiger partial charge in [0.25, 0.3) is 5.91 Å². The molecule has 0 radical (unpaired) electrons. The van der Waals surface area contributed by atoms with Crippen molar-refractivity contribution in [3.8, 4) is 0 Å². The van der Waals surface area contributed by atoms with Gasteiger partial charge in [-0.2, -0.15) is 0 Å². The van der Waals surface area contributed by atoms with E-state index >= 15 is 0 Å². The summed E-state index contributed by atoms with van der Waals surface area (Å²) in [7, 11) is 1.99. The molecule has 3 aliphatic rings. The van der Waals surface area contributed by atoms with Gasteiger partial charge in [0.15, 0.2) is 6.29 Å². The Labute approximate surface area is 185 Å². The molecule has 1 aliphatic carbocycles. The summed E-state index contributed by atoms with van der Waals surface area (Å²) in [5, 5.41) is 18.0. The molecule has 3 N–H and O–H groups in total. The molecule has 1 saturated heterocycles. The number of rotatable bonds is 4. The number of nitrogens with zero attached hydrogens (tertiary/aromatic N) is 3. The molecule has 1 amide bonds. The van der Waals surface area contributed by atoms with Crippen molar-refractivity contribution < 1.29 is 14.6 Å². The number of nitrogens with one attached hydrogen (secondary N) is 2. The van der Waals surface area contributed by atoms with Crippen molar-refractivity contribution >= 4 is 33.0 Å². The minimum atomic E-state index is -0.418. The number of hydrogen-bond donors (Lipinski definition) is 3. The van der Waals surface area contributed by atoms with Gasteiger partial charge >= 0.3 is 0 Å². The summed E-state index contributed by atoms with van der Waals surface area (Å²) >= 11 is 1.52. The van der Waals surface area contributed by atoms with Gasteiger partial charge in [-0.1, -0.05) is 25.0 Å². The molecule has 31 heavy (non-hydrogen) atoms. The van der Waals surface area contributed by atoms with Crippen LogP contribution in [0.3, 0.4) is 0 Å². The van der Waals surface area contributed by atoms with E-state index in [4.69, 9.17) is 9.72 Å². The van der Waals surface area contributed by atoms with Gasteiger partial charge in [-0.3, -0.25) is 9.69 Å². The van der Waals surface area contributed by atoms with Crippen LogP contribution in [0.1, 0.15) is 30.7 Å². The Bertz CT molecular complexity index is 953. The lowest BCUT2D eigenvalue weighted by molar-refractivity contribution is -0.123. The third-order valence-electron chi connectivity index (χ3n) is 6.39. The molecule has 5 rings (SSSR count). The first-order valence-corrected chi connectivity index (χ1v) is 11.8. The van der Waals surface area contributed by atoms with E-state index < -0.39 is 6.10 Å². The number of carbonyl (C=O) groups excluding carboxylic acids is 1. The second kappa shape index (κ2) is 8.74. The topological polar surface area (TPSA) is 90.0 Å². The first-order chi connectivity index (χ1) is 15.1.